The highest BCUT2D eigenvalue weighted by molar-refractivity contribution is 5.85. The summed E-state index contributed by atoms with van der Waals surface area (Å²) in [6.07, 6.45) is 2.81. The van der Waals surface area contributed by atoms with E-state index in [-0.39, 0.29) is 18.5 Å². The molecule has 1 amide bonds. The first kappa shape index (κ1) is 14.2. The average molecular weight is 261 g/mol. The van der Waals surface area contributed by atoms with Gasteiger partial charge in [-0.2, -0.15) is 0 Å². The number of amides is 1. The van der Waals surface area contributed by atoms with E-state index in [4.69, 9.17) is 10.5 Å². The van der Waals surface area contributed by atoms with Gasteiger partial charge in [-0.05, 0) is 33.1 Å². The molecule has 1 heterocycles. The monoisotopic (exact) mass is 260 g/mol. The van der Waals surface area contributed by atoms with Crippen LogP contribution in [-0.4, -0.2) is 29.7 Å². The van der Waals surface area contributed by atoms with Gasteiger partial charge >= 0.3 is 6.09 Å². The summed E-state index contributed by atoms with van der Waals surface area (Å²) in [6.45, 7) is 7.19. The van der Waals surface area contributed by atoms with Crippen molar-refractivity contribution in [2.24, 2.45) is 17.6 Å². The molecule has 0 aromatic heterocycles. The van der Waals surface area contributed by atoms with Gasteiger partial charge in [0.25, 0.3) is 0 Å². The van der Waals surface area contributed by atoms with E-state index in [1.54, 1.807) is 4.90 Å². The van der Waals surface area contributed by atoms with Crippen molar-refractivity contribution >= 4 is 18.5 Å². The Morgan fingerprint density at radius 1 is 1.47 bits per heavy atom. The van der Waals surface area contributed by atoms with Crippen molar-refractivity contribution in [1.82, 2.24) is 4.90 Å². The summed E-state index contributed by atoms with van der Waals surface area (Å²) >= 11 is 0. The molecule has 2 rings (SSSR count). The summed E-state index contributed by atoms with van der Waals surface area (Å²) in [5.41, 5.74) is 6.33. The van der Waals surface area contributed by atoms with E-state index in [9.17, 15) is 4.79 Å². The number of hydrogen-bond acceptors (Lipinski definition) is 3. The van der Waals surface area contributed by atoms with Crippen molar-refractivity contribution in [3.63, 3.8) is 0 Å². The standard InChI is InChI=1S/C12H20N2O2.ClH/c1-12(2,3)16-11(15)14-6-8-4-10(13)5-9(8)7-14;/h4,8-9H,5-7,13H2,1-3H3;1H/t8-,9-;/m0./s1. The van der Waals surface area contributed by atoms with Gasteiger partial charge in [0.1, 0.15) is 5.60 Å². The molecule has 2 N–H and O–H groups in total. The third-order valence-corrected chi connectivity index (χ3v) is 3.07. The average Bonchev–Trinajstić information content (AvgIpc) is 2.56. The van der Waals surface area contributed by atoms with E-state index in [1.165, 1.54) is 0 Å². The van der Waals surface area contributed by atoms with Crippen LogP contribution in [0.3, 0.4) is 0 Å². The van der Waals surface area contributed by atoms with Crippen molar-refractivity contribution in [2.75, 3.05) is 13.1 Å². The second-order valence-corrected chi connectivity index (χ2v) is 5.75. The van der Waals surface area contributed by atoms with Crippen LogP contribution in [0.15, 0.2) is 11.8 Å². The molecule has 17 heavy (non-hydrogen) atoms. The third kappa shape index (κ3) is 3.28. The van der Waals surface area contributed by atoms with Crippen LogP contribution in [0.4, 0.5) is 4.79 Å². The fourth-order valence-electron chi connectivity index (χ4n) is 2.42. The van der Waals surface area contributed by atoms with Crippen LogP contribution < -0.4 is 5.73 Å². The largest absolute Gasteiger partial charge is 0.444 e. The van der Waals surface area contributed by atoms with Gasteiger partial charge < -0.3 is 15.4 Å². The van der Waals surface area contributed by atoms with Gasteiger partial charge in [-0.15, -0.1) is 12.4 Å². The Morgan fingerprint density at radius 3 is 2.65 bits per heavy atom. The van der Waals surface area contributed by atoms with Crippen LogP contribution in [-0.2, 0) is 4.74 Å². The molecule has 4 nitrogen and oxygen atoms in total. The molecule has 2 aliphatic rings. The Hall–Kier alpha value is -0.900. The molecule has 1 saturated heterocycles. The first-order chi connectivity index (χ1) is 7.35. The predicted octanol–water partition coefficient (Wildman–Crippen LogP) is 2.14. The van der Waals surface area contributed by atoms with Crippen molar-refractivity contribution in [3.05, 3.63) is 11.8 Å². The maximum atomic E-state index is 11.8. The van der Waals surface area contributed by atoms with Crippen LogP contribution in [0, 0.1) is 11.8 Å². The number of allylic oxidation sites excluding steroid dienone is 1. The molecule has 1 aliphatic carbocycles. The van der Waals surface area contributed by atoms with Gasteiger partial charge in [-0.25, -0.2) is 4.79 Å². The maximum absolute atomic E-state index is 11.8. The lowest BCUT2D eigenvalue weighted by molar-refractivity contribution is 0.0285. The molecule has 0 radical (unpaired) electrons. The minimum absolute atomic E-state index is 0. The highest BCUT2D eigenvalue weighted by atomic mass is 35.5. The number of hydrogen-bond donors (Lipinski definition) is 1. The molecule has 1 aliphatic heterocycles. The van der Waals surface area contributed by atoms with Gasteiger partial charge in [0.2, 0.25) is 0 Å². The lowest BCUT2D eigenvalue weighted by Gasteiger charge is -2.24. The molecule has 0 spiro atoms. The van der Waals surface area contributed by atoms with Gasteiger partial charge in [-0.1, -0.05) is 6.08 Å². The normalized spacial score (nSPS) is 27.2. The quantitative estimate of drug-likeness (QED) is 0.726. The Balaban J connectivity index is 0.00000144. The van der Waals surface area contributed by atoms with Crippen molar-refractivity contribution in [2.45, 2.75) is 32.8 Å². The molecular formula is C12H21ClN2O2. The molecule has 1 fully saturated rings. The van der Waals surface area contributed by atoms with Gasteiger partial charge in [0, 0.05) is 24.7 Å². The van der Waals surface area contributed by atoms with E-state index < -0.39 is 5.60 Å². The molecule has 5 heteroatoms. The number of nitrogens with zero attached hydrogens (tertiary/aromatic N) is 1. The zero-order valence-corrected chi connectivity index (χ0v) is 11.4. The molecule has 0 saturated carbocycles. The second kappa shape index (κ2) is 4.77. The second-order valence-electron chi connectivity index (χ2n) is 5.75. The maximum Gasteiger partial charge on any atom is 0.410 e. The summed E-state index contributed by atoms with van der Waals surface area (Å²) in [6, 6.07) is 0. The Kier molecular flexibility index (Phi) is 3.97. The van der Waals surface area contributed by atoms with Crippen LogP contribution >= 0.6 is 12.4 Å². The molecule has 0 aromatic carbocycles. The number of carbonyl (C=O) groups excluding carboxylic acids is 1. The van der Waals surface area contributed by atoms with E-state index in [2.05, 4.69) is 6.08 Å². The number of carbonyl (C=O) groups is 1. The fraction of sp³-hybridized carbons (Fsp3) is 0.750. The Bertz CT molecular complexity index is 336. The van der Waals surface area contributed by atoms with Crippen molar-refractivity contribution < 1.29 is 9.53 Å². The predicted molar refractivity (Wildman–Crippen MR) is 68.9 cm³/mol. The van der Waals surface area contributed by atoms with E-state index >= 15 is 0 Å². The van der Waals surface area contributed by atoms with Crippen LogP contribution in [0.1, 0.15) is 27.2 Å². The molecule has 0 unspecified atom stereocenters. The Labute approximate surface area is 109 Å². The fourth-order valence-corrected chi connectivity index (χ4v) is 2.42. The highest BCUT2D eigenvalue weighted by Crippen LogP contribution is 2.35. The molecule has 0 aromatic rings. The number of ether oxygens (including phenoxy) is 1. The van der Waals surface area contributed by atoms with Gasteiger partial charge in [-0.3, -0.25) is 0 Å². The summed E-state index contributed by atoms with van der Waals surface area (Å²) in [4.78, 5) is 13.6. The van der Waals surface area contributed by atoms with Crippen molar-refractivity contribution in [1.29, 1.82) is 0 Å². The summed E-state index contributed by atoms with van der Waals surface area (Å²) < 4.78 is 5.35. The Morgan fingerprint density at radius 2 is 2.12 bits per heavy atom. The van der Waals surface area contributed by atoms with Crippen LogP contribution in [0.5, 0.6) is 0 Å². The lowest BCUT2D eigenvalue weighted by Crippen LogP contribution is -2.35. The number of halogens is 1. The van der Waals surface area contributed by atoms with Crippen molar-refractivity contribution in [3.8, 4) is 0 Å². The number of likely N-dealkylation sites (tertiary alicyclic amines) is 1. The third-order valence-electron chi connectivity index (χ3n) is 3.07. The van der Waals surface area contributed by atoms with E-state index in [0.29, 0.717) is 11.8 Å². The first-order valence-corrected chi connectivity index (χ1v) is 5.79. The summed E-state index contributed by atoms with van der Waals surface area (Å²) in [5, 5.41) is 0. The topological polar surface area (TPSA) is 55.6 Å². The summed E-state index contributed by atoms with van der Waals surface area (Å²) in [5.74, 6) is 0.944. The van der Waals surface area contributed by atoms with Crippen LogP contribution in [0.25, 0.3) is 0 Å². The SMILES string of the molecule is CC(C)(C)OC(=O)N1C[C@@H]2CC(N)=C[C@H]2C1.Cl. The molecule has 0 bridgehead atoms. The lowest BCUT2D eigenvalue weighted by atomic mass is 10.0. The van der Waals surface area contributed by atoms with Gasteiger partial charge in [0.05, 0.1) is 0 Å². The number of rotatable bonds is 0. The van der Waals surface area contributed by atoms with E-state index in [0.717, 1.165) is 25.2 Å². The number of fused-ring (bicyclic) bond motifs is 1. The minimum atomic E-state index is -0.413. The zero-order valence-electron chi connectivity index (χ0n) is 10.6. The zero-order chi connectivity index (χ0) is 11.9. The summed E-state index contributed by atoms with van der Waals surface area (Å²) in [7, 11) is 0. The van der Waals surface area contributed by atoms with Gasteiger partial charge in [0.15, 0.2) is 0 Å². The highest BCUT2D eigenvalue weighted by Gasteiger charge is 2.38. The van der Waals surface area contributed by atoms with E-state index in [1.807, 2.05) is 20.8 Å². The molecule has 98 valence electrons. The minimum Gasteiger partial charge on any atom is -0.444 e. The van der Waals surface area contributed by atoms with Crippen LogP contribution in [0.2, 0.25) is 0 Å². The first-order valence-electron chi connectivity index (χ1n) is 5.79. The molecular weight excluding hydrogens is 240 g/mol. The smallest absolute Gasteiger partial charge is 0.410 e. The molecule has 2 atom stereocenters. The number of nitrogens with two attached hydrogens (primary N) is 1.